The van der Waals surface area contributed by atoms with Gasteiger partial charge >= 0.3 is 21.5 Å². The van der Waals surface area contributed by atoms with E-state index in [1.807, 2.05) is 0 Å². The molecule has 0 aliphatic rings. The quantitative estimate of drug-likeness (QED) is 0.403. The van der Waals surface area contributed by atoms with Crippen LogP contribution >= 0.6 is 0 Å². The van der Waals surface area contributed by atoms with E-state index in [1.54, 1.807) is 0 Å². The van der Waals surface area contributed by atoms with Crippen molar-refractivity contribution in [3.63, 3.8) is 0 Å². The number of hydrogen-bond acceptors (Lipinski definition) is 2. The van der Waals surface area contributed by atoms with E-state index >= 15 is 0 Å². The second-order valence-electron chi connectivity index (χ2n) is 1.49. The molecule has 0 fully saturated rings. The Morgan fingerprint density at radius 2 is 1.25 bits per heavy atom. The van der Waals surface area contributed by atoms with E-state index in [0.717, 1.165) is 0 Å². The molecule has 0 bridgehead atoms. The summed E-state index contributed by atoms with van der Waals surface area (Å²) in [6.07, 6.45) is -6.29. The van der Waals surface area contributed by atoms with Crippen LogP contribution in [0.4, 0.5) is 22.0 Å². The van der Waals surface area contributed by atoms with Crippen molar-refractivity contribution in [2.75, 3.05) is 0 Å². The summed E-state index contributed by atoms with van der Waals surface area (Å²) in [4.78, 5) is 0. The van der Waals surface area contributed by atoms with E-state index in [-0.39, 0.29) is 29.6 Å². The van der Waals surface area contributed by atoms with Gasteiger partial charge in [0.1, 0.15) is 0 Å². The molecular formula is C2HF5NaO3S. The van der Waals surface area contributed by atoms with E-state index in [2.05, 4.69) is 0 Å². The molecule has 0 aliphatic heterocycles. The molecule has 0 heterocycles. The number of alkyl halides is 5. The van der Waals surface area contributed by atoms with Gasteiger partial charge in [0.2, 0.25) is 0 Å². The van der Waals surface area contributed by atoms with Crippen molar-refractivity contribution in [3.8, 4) is 0 Å². The molecule has 0 saturated carbocycles. The average molecular weight is 223 g/mol. The van der Waals surface area contributed by atoms with Gasteiger partial charge < -0.3 is 0 Å². The summed E-state index contributed by atoms with van der Waals surface area (Å²) >= 11 is 0. The normalized spacial score (nSPS) is 13.8. The maximum absolute atomic E-state index is 11.5. The van der Waals surface area contributed by atoms with Crippen molar-refractivity contribution in [1.82, 2.24) is 0 Å². The largest absolute Gasteiger partial charge is 0.472 e. The Balaban J connectivity index is 0. The van der Waals surface area contributed by atoms with E-state index < -0.39 is 21.5 Å². The minimum absolute atomic E-state index is 0. The summed E-state index contributed by atoms with van der Waals surface area (Å²) in [5.74, 6) is 0. The molecule has 69 valence electrons. The third-order valence-corrected chi connectivity index (χ3v) is 1.53. The Morgan fingerprint density at radius 3 is 1.25 bits per heavy atom. The monoisotopic (exact) mass is 223 g/mol. The van der Waals surface area contributed by atoms with Crippen molar-refractivity contribution in [2.45, 2.75) is 11.4 Å². The second-order valence-corrected chi connectivity index (χ2v) is 2.95. The molecule has 10 heteroatoms. The fraction of sp³-hybridized carbons (Fsp3) is 1.00. The van der Waals surface area contributed by atoms with Crippen LogP contribution in [0.25, 0.3) is 0 Å². The van der Waals surface area contributed by atoms with Crippen LogP contribution in [0.5, 0.6) is 0 Å². The summed E-state index contributed by atoms with van der Waals surface area (Å²) in [7, 11) is -6.42. The van der Waals surface area contributed by atoms with Gasteiger partial charge in [-0.2, -0.15) is 30.4 Å². The van der Waals surface area contributed by atoms with E-state index in [4.69, 9.17) is 4.55 Å². The van der Waals surface area contributed by atoms with Gasteiger partial charge in [-0.25, -0.2) is 0 Å². The molecule has 0 saturated heterocycles. The number of rotatable bonds is 1. The third-order valence-electron chi connectivity index (χ3n) is 0.654. The van der Waals surface area contributed by atoms with Crippen LogP contribution in [-0.4, -0.2) is 54.0 Å². The zero-order valence-corrected chi connectivity index (χ0v) is 8.38. The van der Waals surface area contributed by atoms with Crippen LogP contribution in [0.1, 0.15) is 0 Å². The molecule has 0 rings (SSSR count). The maximum Gasteiger partial charge on any atom is 0.472 e. The zero-order chi connectivity index (χ0) is 9.50. The number of halogens is 5. The predicted octanol–water partition coefficient (Wildman–Crippen LogP) is 0.649. The van der Waals surface area contributed by atoms with E-state index in [9.17, 15) is 30.4 Å². The molecule has 0 spiro atoms. The first-order chi connectivity index (χ1) is 4.50. The van der Waals surface area contributed by atoms with Gasteiger partial charge in [0.15, 0.2) is 0 Å². The van der Waals surface area contributed by atoms with Crippen LogP contribution < -0.4 is 0 Å². The molecule has 1 radical (unpaired) electrons. The first kappa shape index (κ1) is 15.1. The topological polar surface area (TPSA) is 54.4 Å². The van der Waals surface area contributed by atoms with Crippen molar-refractivity contribution < 1.29 is 34.9 Å². The second kappa shape index (κ2) is 3.74. The Hall–Kier alpha value is 0.560. The molecule has 0 aromatic carbocycles. The molecule has 0 amide bonds. The standard InChI is InChI=1S/C2HF5O3S.Na/c3-1(4,5)2(6,7)11(8,9)10;/h(H,8,9,10);. The van der Waals surface area contributed by atoms with Gasteiger partial charge in [0.05, 0.1) is 0 Å². The van der Waals surface area contributed by atoms with Crippen LogP contribution in [0.15, 0.2) is 0 Å². The minimum Gasteiger partial charge on any atom is -0.281 e. The molecule has 0 unspecified atom stereocenters. The van der Waals surface area contributed by atoms with Gasteiger partial charge in [-0.05, 0) is 0 Å². The van der Waals surface area contributed by atoms with Crippen molar-refractivity contribution >= 4 is 39.7 Å². The zero-order valence-electron chi connectivity index (χ0n) is 5.56. The SMILES string of the molecule is O=S(=O)(O)C(F)(F)C(F)(F)F.[Na]. The first-order valence-corrected chi connectivity index (χ1v) is 3.36. The van der Waals surface area contributed by atoms with Crippen LogP contribution in [0.2, 0.25) is 0 Å². The van der Waals surface area contributed by atoms with Gasteiger partial charge in [-0.3, -0.25) is 4.55 Å². The summed E-state index contributed by atoms with van der Waals surface area (Å²) in [5, 5.41) is -6.10. The van der Waals surface area contributed by atoms with E-state index in [0.29, 0.717) is 0 Å². The minimum atomic E-state index is -6.42. The molecule has 3 nitrogen and oxygen atoms in total. The summed E-state index contributed by atoms with van der Waals surface area (Å²) in [6, 6.07) is 0. The molecule has 0 aliphatic carbocycles. The average Bonchev–Trinajstić information content (AvgIpc) is 1.58. The summed E-state index contributed by atoms with van der Waals surface area (Å²) in [5.41, 5.74) is 0. The van der Waals surface area contributed by atoms with Gasteiger partial charge in [-0.1, -0.05) is 0 Å². The van der Waals surface area contributed by atoms with E-state index in [1.165, 1.54) is 0 Å². The van der Waals surface area contributed by atoms with Crippen LogP contribution in [0.3, 0.4) is 0 Å². The fourth-order valence-corrected chi connectivity index (χ4v) is 0.439. The molecule has 0 atom stereocenters. The third kappa shape index (κ3) is 2.80. The molecule has 1 N–H and O–H groups in total. The Morgan fingerprint density at radius 1 is 1.00 bits per heavy atom. The Bertz CT molecular complexity index is 242. The molecule has 0 aromatic rings. The Labute approximate surface area is 86.0 Å². The van der Waals surface area contributed by atoms with Crippen molar-refractivity contribution in [2.24, 2.45) is 0 Å². The number of hydrogen-bond donors (Lipinski definition) is 1. The molecule has 12 heavy (non-hydrogen) atoms. The van der Waals surface area contributed by atoms with Crippen LogP contribution in [-0.2, 0) is 10.1 Å². The smallest absolute Gasteiger partial charge is 0.281 e. The van der Waals surface area contributed by atoms with Crippen LogP contribution in [0, 0.1) is 0 Å². The predicted molar refractivity (Wildman–Crippen MR) is 28.3 cm³/mol. The fourth-order valence-electron chi connectivity index (χ4n) is 0.146. The Kier molecular flexibility index (Phi) is 4.69. The van der Waals surface area contributed by atoms with Gasteiger partial charge in [-0.15, -0.1) is 0 Å². The molecule has 0 aromatic heterocycles. The maximum atomic E-state index is 11.5. The summed E-state index contributed by atoms with van der Waals surface area (Å²) in [6.45, 7) is 0. The van der Waals surface area contributed by atoms with Crippen molar-refractivity contribution in [3.05, 3.63) is 0 Å². The summed E-state index contributed by atoms with van der Waals surface area (Å²) < 4.78 is 82.2. The first-order valence-electron chi connectivity index (χ1n) is 1.91. The van der Waals surface area contributed by atoms with Gasteiger partial charge in [0.25, 0.3) is 0 Å². The van der Waals surface area contributed by atoms with Gasteiger partial charge in [0, 0.05) is 29.6 Å². The van der Waals surface area contributed by atoms with Crippen molar-refractivity contribution in [1.29, 1.82) is 0 Å². The molecular weight excluding hydrogens is 222 g/mol.